The van der Waals surface area contributed by atoms with Crippen molar-refractivity contribution in [2.45, 2.75) is 13.5 Å². The van der Waals surface area contributed by atoms with E-state index in [-0.39, 0.29) is 5.91 Å². The Labute approximate surface area is 228 Å². The van der Waals surface area contributed by atoms with Crippen molar-refractivity contribution in [3.8, 4) is 32.3 Å². The monoisotopic (exact) mass is 543 g/mol. The fourth-order valence-corrected chi connectivity index (χ4v) is 5.84. The molecule has 3 aromatic heterocycles. The van der Waals surface area contributed by atoms with E-state index in [0.29, 0.717) is 39.2 Å². The number of carbonyl (C=O) groups excluding carboxylic acids is 1. The number of rotatable bonds is 6. The van der Waals surface area contributed by atoms with E-state index in [2.05, 4.69) is 36.8 Å². The molecule has 182 valence electrons. The topological polar surface area (TPSA) is 64.2 Å². The molecule has 3 heterocycles. The van der Waals surface area contributed by atoms with Crippen LogP contribution in [0.4, 0.5) is 11.5 Å². The van der Waals surface area contributed by atoms with Crippen molar-refractivity contribution in [2.24, 2.45) is 0 Å². The Morgan fingerprint density at radius 3 is 2.59 bits per heavy atom. The number of pyridine rings is 1. The Kier molecular flexibility index (Phi) is 7.06. The van der Waals surface area contributed by atoms with Gasteiger partial charge in [-0.15, -0.1) is 11.3 Å². The molecule has 9 heteroatoms. The Balaban J connectivity index is 1.74. The number of halogens is 2. The molecule has 5 aromatic rings. The van der Waals surface area contributed by atoms with E-state index in [9.17, 15) is 4.79 Å². The first-order chi connectivity index (χ1) is 17.9. The molecule has 0 radical (unpaired) electrons. The highest BCUT2D eigenvalue weighted by molar-refractivity contribution is 7.20. The van der Waals surface area contributed by atoms with Crippen molar-refractivity contribution in [1.82, 2.24) is 14.5 Å². The van der Waals surface area contributed by atoms with E-state index in [1.165, 1.54) is 18.3 Å². The smallest absolute Gasteiger partial charge is 0.222 e. The molecule has 0 bridgehead atoms. The van der Waals surface area contributed by atoms with E-state index < -0.39 is 0 Å². The molecule has 1 N–H and O–H groups in total. The Morgan fingerprint density at radius 1 is 1.05 bits per heavy atom. The minimum Gasteiger partial charge on any atom is -0.326 e. The maximum absolute atomic E-state index is 11.6. The summed E-state index contributed by atoms with van der Waals surface area (Å²) in [7, 11) is 0. The Hall–Kier alpha value is -3.96. The van der Waals surface area contributed by atoms with Gasteiger partial charge in [-0.1, -0.05) is 59.6 Å². The van der Waals surface area contributed by atoms with E-state index in [4.69, 9.17) is 29.8 Å². The van der Waals surface area contributed by atoms with Gasteiger partial charge in [-0.2, -0.15) is 0 Å². The third kappa shape index (κ3) is 5.13. The lowest BCUT2D eigenvalue weighted by molar-refractivity contribution is -0.114. The van der Waals surface area contributed by atoms with E-state index in [1.807, 2.05) is 36.5 Å². The molecule has 0 atom stereocenters. The first kappa shape index (κ1) is 24.7. The van der Waals surface area contributed by atoms with Gasteiger partial charge in [-0.3, -0.25) is 4.79 Å². The fraction of sp³-hybridized carbons (Fsp3) is 0.0714. The second kappa shape index (κ2) is 10.6. The van der Waals surface area contributed by atoms with Crippen LogP contribution in [0.15, 0.2) is 79.3 Å². The quantitative estimate of drug-likeness (QED) is 0.219. The number of thiophene rings is 1. The zero-order valence-electron chi connectivity index (χ0n) is 19.6. The van der Waals surface area contributed by atoms with Crippen molar-refractivity contribution in [3.63, 3.8) is 0 Å². The predicted octanol–water partition coefficient (Wildman–Crippen LogP) is 8.20. The molecular formula is C28H19Cl2N5OS. The number of hydrogen-bond donors (Lipinski definition) is 1. The number of nitrogens with one attached hydrogen (secondary N) is 1. The number of nitrogens with zero attached hydrogens (tertiary/aromatic N) is 4. The van der Waals surface area contributed by atoms with Crippen LogP contribution in [-0.2, 0) is 11.3 Å². The highest BCUT2D eigenvalue weighted by Crippen LogP contribution is 2.53. The summed E-state index contributed by atoms with van der Waals surface area (Å²) in [6.45, 7) is 10.2. The number of anilines is 1. The first-order valence-electron chi connectivity index (χ1n) is 11.2. The van der Waals surface area contributed by atoms with Crippen molar-refractivity contribution >= 4 is 52.0 Å². The third-order valence-corrected chi connectivity index (χ3v) is 7.41. The number of amides is 1. The summed E-state index contributed by atoms with van der Waals surface area (Å²) in [6.07, 6.45) is 5.29. The maximum Gasteiger partial charge on any atom is 0.222 e. The minimum absolute atomic E-state index is 0.224. The van der Waals surface area contributed by atoms with Crippen LogP contribution in [0.3, 0.4) is 0 Å². The van der Waals surface area contributed by atoms with Crippen molar-refractivity contribution in [1.29, 1.82) is 0 Å². The maximum atomic E-state index is 11.6. The van der Waals surface area contributed by atoms with Crippen LogP contribution >= 0.6 is 34.5 Å². The lowest BCUT2D eigenvalue weighted by Gasteiger charge is -2.11. The van der Waals surface area contributed by atoms with Gasteiger partial charge >= 0.3 is 0 Å². The minimum atomic E-state index is -0.224. The van der Waals surface area contributed by atoms with Gasteiger partial charge in [0.1, 0.15) is 11.6 Å². The Morgan fingerprint density at radius 2 is 1.86 bits per heavy atom. The lowest BCUT2D eigenvalue weighted by atomic mass is 10.0. The number of benzene rings is 2. The van der Waals surface area contributed by atoms with E-state index in [0.717, 1.165) is 26.7 Å². The number of carbonyl (C=O) groups is 1. The number of hydrogen-bond acceptors (Lipinski definition) is 4. The van der Waals surface area contributed by atoms with Gasteiger partial charge in [-0.25, -0.2) is 14.8 Å². The van der Waals surface area contributed by atoms with Crippen LogP contribution in [0, 0.1) is 6.57 Å². The molecule has 0 saturated carbocycles. The first-order valence-corrected chi connectivity index (χ1v) is 12.8. The molecule has 0 aliphatic heterocycles. The molecule has 1 amide bonds. The van der Waals surface area contributed by atoms with Crippen LogP contribution in [0.25, 0.3) is 37.1 Å². The molecule has 0 spiro atoms. The molecular weight excluding hydrogens is 525 g/mol. The van der Waals surface area contributed by atoms with Crippen LogP contribution in [0.2, 0.25) is 10.0 Å². The zero-order valence-corrected chi connectivity index (χ0v) is 21.9. The van der Waals surface area contributed by atoms with Gasteiger partial charge < -0.3 is 9.88 Å². The summed E-state index contributed by atoms with van der Waals surface area (Å²) in [4.78, 5) is 26.0. The van der Waals surface area contributed by atoms with Crippen LogP contribution in [0.1, 0.15) is 12.5 Å². The molecule has 0 aliphatic rings. The predicted molar refractivity (Wildman–Crippen MR) is 150 cm³/mol. The molecule has 5 rings (SSSR count). The summed E-state index contributed by atoms with van der Waals surface area (Å²) < 4.78 is 2.06. The molecule has 0 unspecified atom stereocenters. The highest BCUT2D eigenvalue weighted by atomic mass is 35.5. The number of imidazole rings is 1. The summed E-state index contributed by atoms with van der Waals surface area (Å²) >= 11 is 14.3. The third-order valence-electron chi connectivity index (χ3n) is 5.64. The Bertz CT molecular complexity index is 1650. The molecule has 37 heavy (non-hydrogen) atoms. The van der Waals surface area contributed by atoms with Gasteiger partial charge in [-0.05, 0) is 41.0 Å². The second-order valence-corrected chi connectivity index (χ2v) is 10.1. The summed E-state index contributed by atoms with van der Waals surface area (Å²) in [6, 6.07) is 18.9. The van der Waals surface area contributed by atoms with Crippen molar-refractivity contribution in [3.05, 3.63) is 106 Å². The lowest BCUT2D eigenvalue weighted by Crippen LogP contribution is -2.07. The SMILES string of the molecule is [C-]#[N+]c1c(-c2ccnc(NC(C)=O)c2)sc(-c2nccn2Cc2ccccc2)c1-c1ccc(Cl)cc1Cl. The summed E-state index contributed by atoms with van der Waals surface area (Å²) in [5.74, 6) is 0.910. The van der Waals surface area contributed by atoms with Crippen LogP contribution < -0.4 is 5.32 Å². The molecule has 0 fully saturated rings. The van der Waals surface area contributed by atoms with Gasteiger partial charge in [0, 0.05) is 52.5 Å². The zero-order chi connectivity index (χ0) is 25.9. The van der Waals surface area contributed by atoms with Crippen molar-refractivity contribution < 1.29 is 4.79 Å². The molecule has 0 saturated heterocycles. The summed E-state index contributed by atoms with van der Waals surface area (Å²) in [5, 5.41) is 3.66. The number of aromatic nitrogens is 3. The average molecular weight is 544 g/mol. The largest absolute Gasteiger partial charge is 0.326 e. The molecule has 6 nitrogen and oxygen atoms in total. The van der Waals surface area contributed by atoms with Gasteiger partial charge in [0.2, 0.25) is 11.6 Å². The van der Waals surface area contributed by atoms with E-state index >= 15 is 0 Å². The van der Waals surface area contributed by atoms with Crippen molar-refractivity contribution in [2.75, 3.05) is 5.32 Å². The second-order valence-electron chi connectivity index (χ2n) is 8.20. The molecule has 2 aromatic carbocycles. The van der Waals surface area contributed by atoms with Crippen LogP contribution in [0.5, 0.6) is 0 Å². The average Bonchev–Trinajstić information content (AvgIpc) is 3.48. The van der Waals surface area contributed by atoms with E-state index in [1.54, 1.807) is 30.6 Å². The standard InChI is InChI=1S/C28H19Cl2N5OS/c1-17(36)34-23-14-19(10-11-32-23)26-25(31-2)24(21-9-8-20(29)15-22(21)30)27(37-26)28-33-12-13-35(28)16-18-6-4-3-5-7-18/h3-15H,16H2,1H3,(H,32,34,36). The molecule has 0 aliphatic carbocycles. The highest BCUT2D eigenvalue weighted by Gasteiger charge is 2.26. The summed E-state index contributed by atoms with van der Waals surface area (Å²) in [5.41, 5.74) is 3.71. The fourth-order valence-electron chi connectivity index (χ4n) is 4.07. The van der Waals surface area contributed by atoms with Gasteiger partial charge in [0.05, 0.1) is 11.4 Å². The van der Waals surface area contributed by atoms with Crippen LogP contribution in [-0.4, -0.2) is 20.4 Å². The normalized spacial score (nSPS) is 10.8. The van der Waals surface area contributed by atoms with Gasteiger partial charge in [0.25, 0.3) is 0 Å². The van der Waals surface area contributed by atoms with Gasteiger partial charge in [0.15, 0.2) is 0 Å².